The topological polar surface area (TPSA) is 58.4 Å². The van der Waals surface area contributed by atoms with Crippen molar-refractivity contribution in [1.29, 1.82) is 0 Å². The minimum atomic E-state index is -0.813. The van der Waals surface area contributed by atoms with Crippen LogP contribution in [0.2, 0.25) is 0 Å². The zero-order chi connectivity index (χ0) is 18.2. The van der Waals surface area contributed by atoms with Crippen molar-refractivity contribution in [3.05, 3.63) is 70.9 Å². The van der Waals surface area contributed by atoms with Crippen molar-refractivity contribution in [1.82, 2.24) is 5.06 Å². The summed E-state index contributed by atoms with van der Waals surface area (Å²) < 4.78 is 6.57. The Morgan fingerprint density at radius 3 is 2.12 bits per heavy atom. The summed E-state index contributed by atoms with van der Waals surface area (Å²) in [7, 11) is 0. The summed E-state index contributed by atoms with van der Waals surface area (Å²) >= 11 is 0. The summed E-state index contributed by atoms with van der Waals surface area (Å²) in [5.41, 5.74) is 0.0477. The second-order valence-electron chi connectivity index (χ2n) is 7.33. The van der Waals surface area contributed by atoms with Gasteiger partial charge in [0.25, 0.3) is 0 Å². The van der Waals surface area contributed by atoms with Gasteiger partial charge in [-0.1, -0.05) is 35.4 Å². The zero-order valence-corrected chi connectivity index (χ0v) is 15.0. The molecule has 1 heterocycles. The van der Waals surface area contributed by atoms with Gasteiger partial charge in [0, 0.05) is 5.21 Å². The lowest BCUT2D eigenvalue weighted by Gasteiger charge is -2.32. The molecular weight excluding hydrogens is 316 g/mol. The van der Waals surface area contributed by atoms with Crippen LogP contribution in [0.1, 0.15) is 38.8 Å². The number of benzene rings is 2. The molecule has 1 aliphatic rings. The van der Waals surface area contributed by atoms with Crippen molar-refractivity contribution >= 4 is 5.84 Å². The Labute approximate surface area is 148 Å². The predicted molar refractivity (Wildman–Crippen MR) is 95.6 cm³/mol. The Hall–Kier alpha value is -2.53. The van der Waals surface area contributed by atoms with E-state index in [1.807, 2.05) is 30.3 Å². The fraction of sp³-hybridized carbons (Fsp3) is 0.350. The molecule has 3 rings (SSSR count). The van der Waals surface area contributed by atoms with E-state index in [0.29, 0.717) is 17.9 Å². The fourth-order valence-electron chi connectivity index (χ4n) is 2.78. The number of hydrogen-bond acceptors (Lipinski definition) is 3. The summed E-state index contributed by atoms with van der Waals surface area (Å²) in [5.74, 6) is 0.837. The normalized spacial score (nSPS) is 18.5. The van der Waals surface area contributed by atoms with Crippen LogP contribution in [-0.2, 0) is 11.8 Å². The molecule has 0 spiro atoms. The number of hydrogen-bond donors (Lipinski definition) is 0. The molecule has 0 saturated heterocycles. The van der Waals surface area contributed by atoms with E-state index in [2.05, 4.69) is 0 Å². The van der Waals surface area contributed by atoms with E-state index in [9.17, 15) is 10.4 Å². The van der Waals surface area contributed by atoms with Gasteiger partial charge in [0.2, 0.25) is 0 Å². The second-order valence-corrected chi connectivity index (χ2v) is 7.33. The van der Waals surface area contributed by atoms with Crippen molar-refractivity contribution in [2.75, 3.05) is 0 Å². The van der Waals surface area contributed by atoms with Crippen LogP contribution in [0.4, 0.5) is 0 Å². The average molecular weight is 339 g/mol. The molecule has 1 aliphatic heterocycles. The molecule has 2 aromatic carbocycles. The van der Waals surface area contributed by atoms with Gasteiger partial charge in [0.1, 0.15) is 17.9 Å². The molecule has 0 aliphatic carbocycles. The maximum atomic E-state index is 12.7. The van der Waals surface area contributed by atoms with Crippen LogP contribution in [-0.4, -0.2) is 26.7 Å². The number of rotatable bonds is 4. The lowest BCUT2D eigenvalue weighted by molar-refractivity contribution is -0.539. The summed E-state index contributed by atoms with van der Waals surface area (Å²) in [6, 6.07) is 17.0. The third-order valence-corrected chi connectivity index (χ3v) is 5.26. The van der Waals surface area contributed by atoms with Gasteiger partial charge < -0.3 is 9.94 Å². The maximum absolute atomic E-state index is 12.7. The van der Waals surface area contributed by atoms with E-state index < -0.39 is 11.1 Å². The van der Waals surface area contributed by atoms with Crippen LogP contribution in [0.5, 0.6) is 5.75 Å². The van der Waals surface area contributed by atoms with Crippen molar-refractivity contribution in [3.63, 3.8) is 0 Å². The third-order valence-electron chi connectivity index (χ3n) is 5.26. The lowest BCUT2D eigenvalue weighted by atomic mass is 9.84. The Bertz CT molecular complexity index is 780. The molecule has 0 N–H and O–H groups in total. The highest BCUT2D eigenvalue weighted by atomic mass is 16.5. The van der Waals surface area contributed by atoms with Crippen molar-refractivity contribution in [3.8, 4) is 5.75 Å². The first-order chi connectivity index (χ1) is 11.7. The molecule has 0 saturated carbocycles. The molecule has 5 nitrogen and oxygen atoms in total. The van der Waals surface area contributed by atoms with E-state index in [-0.39, 0.29) is 5.84 Å². The van der Waals surface area contributed by atoms with Crippen LogP contribution < -0.4 is 4.74 Å². The van der Waals surface area contributed by atoms with Gasteiger partial charge in [0.15, 0.2) is 5.54 Å². The predicted octanol–water partition coefficient (Wildman–Crippen LogP) is 3.74. The molecule has 131 valence electrons. The molecule has 0 unspecified atom stereocenters. The smallest absolute Gasteiger partial charge is 0.316 e. The first kappa shape index (κ1) is 17.3. The van der Waals surface area contributed by atoms with Crippen LogP contribution >= 0.6 is 0 Å². The molecule has 0 amide bonds. The summed E-state index contributed by atoms with van der Waals surface area (Å²) in [4.78, 5) is 0. The Morgan fingerprint density at radius 2 is 1.60 bits per heavy atom. The number of nitrogens with zero attached hydrogens (tertiary/aromatic N) is 2. The molecule has 25 heavy (non-hydrogen) atoms. The summed E-state index contributed by atoms with van der Waals surface area (Å²) in [6.07, 6.45) is 0. The van der Waals surface area contributed by atoms with Gasteiger partial charge in [0.05, 0.1) is 5.56 Å². The molecule has 1 radical (unpaired) electrons. The van der Waals surface area contributed by atoms with Crippen molar-refractivity contribution < 1.29 is 14.7 Å². The van der Waals surface area contributed by atoms with Gasteiger partial charge >= 0.3 is 5.84 Å². The average Bonchev–Trinajstić information content (AvgIpc) is 2.72. The maximum Gasteiger partial charge on any atom is 0.316 e. The number of ether oxygens (including phenoxy) is 1. The first-order valence-corrected chi connectivity index (χ1v) is 8.34. The Balaban J connectivity index is 1.80. The summed E-state index contributed by atoms with van der Waals surface area (Å²) in [6.45, 7) is 7.62. The highest BCUT2D eigenvalue weighted by molar-refractivity contribution is 5.96. The minimum absolute atomic E-state index is 0.143. The molecule has 2 aromatic rings. The molecular formula is C20H23N2O3. The monoisotopic (exact) mass is 339 g/mol. The van der Waals surface area contributed by atoms with E-state index in [1.165, 1.54) is 0 Å². The van der Waals surface area contributed by atoms with E-state index in [1.54, 1.807) is 52.0 Å². The zero-order valence-electron chi connectivity index (χ0n) is 15.0. The molecule has 0 bridgehead atoms. The van der Waals surface area contributed by atoms with Crippen LogP contribution in [0.15, 0.2) is 54.6 Å². The highest BCUT2D eigenvalue weighted by Gasteiger charge is 2.59. The first-order valence-electron chi connectivity index (χ1n) is 8.34. The molecule has 0 aromatic heterocycles. The fourth-order valence-corrected chi connectivity index (χ4v) is 2.78. The van der Waals surface area contributed by atoms with Gasteiger partial charge in [-0.2, -0.15) is 0 Å². The lowest BCUT2D eigenvalue weighted by Crippen LogP contribution is -2.53. The summed E-state index contributed by atoms with van der Waals surface area (Å²) in [5, 5.41) is 26.1. The van der Waals surface area contributed by atoms with E-state index in [4.69, 9.17) is 4.74 Å². The van der Waals surface area contributed by atoms with Gasteiger partial charge in [-0.3, -0.25) is 4.74 Å². The van der Waals surface area contributed by atoms with E-state index >= 15 is 0 Å². The molecule has 0 fully saturated rings. The molecule has 0 atom stereocenters. The number of amidine groups is 1. The van der Waals surface area contributed by atoms with Crippen LogP contribution in [0, 0.1) is 5.21 Å². The van der Waals surface area contributed by atoms with E-state index in [0.717, 1.165) is 15.4 Å². The third kappa shape index (κ3) is 2.85. The molecule has 5 heteroatoms. The standard InChI is InChI=1S/C20H23N2O3/c1-19(2)20(3,4)22(24)18(21(19)23)16-10-12-17(13-11-16)25-14-15-8-6-5-7-9-15/h5-13H,14H2,1-4H3. The highest BCUT2D eigenvalue weighted by Crippen LogP contribution is 2.37. The minimum Gasteiger partial charge on any atom is -0.714 e. The second kappa shape index (κ2) is 6.08. The van der Waals surface area contributed by atoms with Crippen molar-refractivity contribution in [2.24, 2.45) is 0 Å². The van der Waals surface area contributed by atoms with Crippen LogP contribution in [0.25, 0.3) is 0 Å². The van der Waals surface area contributed by atoms with Gasteiger partial charge in [-0.05, 0) is 57.5 Å². The SMILES string of the molecule is CC1(C)N([O])C(c2ccc(OCc3ccccc3)cc2)=[N+]([O-])C1(C)C. The number of hydroxylamine groups is 3. The largest absolute Gasteiger partial charge is 0.714 e. The Kier molecular flexibility index (Phi) is 4.21. The van der Waals surface area contributed by atoms with Gasteiger partial charge in [-0.15, -0.1) is 0 Å². The Morgan fingerprint density at radius 1 is 1.00 bits per heavy atom. The van der Waals surface area contributed by atoms with Crippen LogP contribution in [0.3, 0.4) is 0 Å². The van der Waals surface area contributed by atoms with Gasteiger partial charge in [-0.25, -0.2) is 0 Å². The van der Waals surface area contributed by atoms with Crippen molar-refractivity contribution in [2.45, 2.75) is 45.4 Å². The quantitative estimate of drug-likeness (QED) is 0.630.